The summed E-state index contributed by atoms with van der Waals surface area (Å²) in [6.07, 6.45) is 6.25. The number of likely N-dealkylation sites (tertiary alicyclic amines) is 1. The number of hydrogen-bond acceptors (Lipinski definition) is 2. The third-order valence-corrected chi connectivity index (χ3v) is 4.79. The Bertz CT molecular complexity index is 486. The van der Waals surface area contributed by atoms with E-state index in [0.29, 0.717) is 0 Å². The van der Waals surface area contributed by atoms with Gasteiger partial charge in [0.25, 0.3) is 0 Å². The zero-order valence-corrected chi connectivity index (χ0v) is 11.9. The number of aliphatic hydroxyl groups excluding tert-OH is 1. The number of aryl methyl sites for hydroxylation is 1. The van der Waals surface area contributed by atoms with Crippen molar-refractivity contribution < 1.29 is 9.90 Å². The smallest absolute Gasteiger partial charge is 0.230 e. The minimum Gasteiger partial charge on any atom is -0.394 e. The standard InChI is InChI=1S/C17H23NO2/c19-12-14-8-3-4-11-18(14)17(20)16-10-5-7-13-6-1-2-9-15(13)16/h1-2,6,9,14,16,19H,3-5,7-8,10-12H2. The quantitative estimate of drug-likeness (QED) is 0.899. The van der Waals surface area contributed by atoms with Gasteiger partial charge in [-0.2, -0.15) is 0 Å². The highest BCUT2D eigenvalue weighted by molar-refractivity contribution is 5.84. The van der Waals surface area contributed by atoms with Crippen LogP contribution in [0, 0.1) is 0 Å². The van der Waals surface area contributed by atoms with Crippen molar-refractivity contribution in [2.75, 3.05) is 13.2 Å². The van der Waals surface area contributed by atoms with Gasteiger partial charge in [0.1, 0.15) is 0 Å². The van der Waals surface area contributed by atoms with Gasteiger partial charge in [-0.1, -0.05) is 24.3 Å². The lowest BCUT2D eigenvalue weighted by atomic mass is 9.81. The number of benzene rings is 1. The molecule has 0 bridgehead atoms. The number of hydrogen-bond donors (Lipinski definition) is 1. The molecular formula is C17H23NO2. The van der Waals surface area contributed by atoms with Crippen LogP contribution in [0.2, 0.25) is 0 Å². The molecule has 1 fully saturated rings. The lowest BCUT2D eigenvalue weighted by molar-refractivity contribution is -0.138. The molecule has 3 rings (SSSR count). The summed E-state index contributed by atoms with van der Waals surface area (Å²) in [6, 6.07) is 8.38. The average Bonchev–Trinajstić information content (AvgIpc) is 2.53. The van der Waals surface area contributed by atoms with Crippen molar-refractivity contribution in [2.45, 2.75) is 50.5 Å². The second kappa shape index (κ2) is 5.96. The van der Waals surface area contributed by atoms with E-state index in [0.717, 1.165) is 45.1 Å². The Morgan fingerprint density at radius 3 is 2.90 bits per heavy atom. The molecule has 1 heterocycles. The molecule has 2 aliphatic rings. The van der Waals surface area contributed by atoms with Gasteiger partial charge in [0.15, 0.2) is 0 Å². The highest BCUT2D eigenvalue weighted by Crippen LogP contribution is 2.34. The molecule has 0 saturated carbocycles. The topological polar surface area (TPSA) is 40.5 Å². The second-order valence-corrected chi connectivity index (χ2v) is 6.01. The summed E-state index contributed by atoms with van der Waals surface area (Å²) in [4.78, 5) is 14.8. The molecule has 0 spiro atoms. The molecule has 2 atom stereocenters. The molecule has 1 aliphatic carbocycles. The van der Waals surface area contributed by atoms with Gasteiger partial charge in [-0.3, -0.25) is 4.79 Å². The molecule has 2 unspecified atom stereocenters. The molecule has 1 amide bonds. The van der Waals surface area contributed by atoms with Gasteiger partial charge in [-0.15, -0.1) is 0 Å². The summed E-state index contributed by atoms with van der Waals surface area (Å²) < 4.78 is 0. The maximum Gasteiger partial charge on any atom is 0.230 e. The van der Waals surface area contributed by atoms with Crippen molar-refractivity contribution in [1.29, 1.82) is 0 Å². The highest BCUT2D eigenvalue weighted by Gasteiger charge is 2.33. The Balaban J connectivity index is 1.84. The molecular weight excluding hydrogens is 250 g/mol. The molecule has 108 valence electrons. The van der Waals surface area contributed by atoms with E-state index in [-0.39, 0.29) is 24.5 Å². The molecule has 3 nitrogen and oxygen atoms in total. The largest absolute Gasteiger partial charge is 0.394 e. The maximum absolute atomic E-state index is 12.9. The van der Waals surface area contributed by atoms with Gasteiger partial charge in [0.05, 0.1) is 18.6 Å². The molecule has 3 heteroatoms. The second-order valence-electron chi connectivity index (χ2n) is 6.01. The molecule has 1 N–H and O–H groups in total. The van der Waals surface area contributed by atoms with Crippen LogP contribution < -0.4 is 0 Å². The van der Waals surface area contributed by atoms with E-state index in [9.17, 15) is 9.90 Å². The number of piperidine rings is 1. The van der Waals surface area contributed by atoms with Crippen LogP contribution in [0.25, 0.3) is 0 Å². The Morgan fingerprint density at radius 1 is 1.20 bits per heavy atom. The summed E-state index contributed by atoms with van der Waals surface area (Å²) in [5, 5.41) is 9.51. The predicted molar refractivity (Wildman–Crippen MR) is 78.6 cm³/mol. The highest BCUT2D eigenvalue weighted by atomic mass is 16.3. The number of nitrogens with zero attached hydrogens (tertiary/aromatic N) is 1. The number of fused-ring (bicyclic) bond motifs is 1. The molecule has 1 aliphatic heterocycles. The third kappa shape index (κ3) is 2.47. The van der Waals surface area contributed by atoms with Gasteiger partial charge in [0.2, 0.25) is 5.91 Å². The fraction of sp³-hybridized carbons (Fsp3) is 0.588. The first-order valence-electron chi connectivity index (χ1n) is 7.80. The van der Waals surface area contributed by atoms with Gasteiger partial charge in [0, 0.05) is 6.54 Å². The van der Waals surface area contributed by atoms with Crippen molar-refractivity contribution in [2.24, 2.45) is 0 Å². The van der Waals surface area contributed by atoms with E-state index < -0.39 is 0 Å². The first-order valence-corrected chi connectivity index (χ1v) is 7.80. The fourth-order valence-corrected chi connectivity index (χ4v) is 3.69. The lowest BCUT2D eigenvalue weighted by Crippen LogP contribution is -2.48. The van der Waals surface area contributed by atoms with Gasteiger partial charge >= 0.3 is 0 Å². The molecule has 1 saturated heterocycles. The van der Waals surface area contributed by atoms with Crippen molar-refractivity contribution in [3.8, 4) is 0 Å². The van der Waals surface area contributed by atoms with Gasteiger partial charge in [-0.05, 0) is 49.7 Å². The number of carbonyl (C=O) groups excluding carboxylic acids is 1. The van der Waals surface area contributed by atoms with Crippen LogP contribution in [-0.4, -0.2) is 35.1 Å². The molecule has 0 aromatic heterocycles. The van der Waals surface area contributed by atoms with Crippen LogP contribution in [-0.2, 0) is 11.2 Å². The van der Waals surface area contributed by atoms with E-state index in [4.69, 9.17) is 0 Å². The Kier molecular flexibility index (Phi) is 4.06. The van der Waals surface area contributed by atoms with E-state index in [1.807, 2.05) is 11.0 Å². The van der Waals surface area contributed by atoms with Crippen LogP contribution in [0.4, 0.5) is 0 Å². The average molecular weight is 273 g/mol. The summed E-state index contributed by atoms with van der Waals surface area (Å²) in [5.74, 6) is 0.239. The maximum atomic E-state index is 12.9. The predicted octanol–water partition coefficient (Wildman–Crippen LogP) is 2.48. The third-order valence-electron chi connectivity index (χ3n) is 4.79. The Morgan fingerprint density at radius 2 is 2.05 bits per heavy atom. The minimum atomic E-state index is 0.00657. The Labute approximate surface area is 120 Å². The zero-order valence-electron chi connectivity index (χ0n) is 11.9. The summed E-state index contributed by atoms with van der Waals surface area (Å²) in [7, 11) is 0. The van der Waals surface area contributed by atoms with Crippen molar-refractivity contribution in [1.82, 2.24) is 4.90 Å². The van der Waals surface area contributed by atoms with Crippen molar-refractivity contribution >= 4 is 5.91 Å². The van der Waals surface area contributed by atoms with E-state index >= 15 is 0 Å². The number of aliphatic hydroxyl groups is 1. The van der Waals surface area contributed by atoms with Crippen LogP contribution in [0.3, 0.4) is 0 Å². The van der Waals surface area contributed by atoms with Gasteiger partial charge < -0.3 is 10.0 Å². The van der Waals surface area contributed by atoms with Crippen LogP contribution in [0.1, 0.15) is 49.1 Å². The van der Waals surface area contributed by atoms with Gasteiger partial charge in [-0.25, -0.2) is 0 Å². The zero-order chi connectivity index (χ0) is 13.9. The number of amides is 1. The van der Waals surface area contributed by atoms with Crippen molar-refractivity contribution in [3.63, 3.8) is 0 Å². The van der Waals surface area contributed by atoms with Crippen molar-refractivity contribution in [3.05, 3.63) is 35.4 Å². The first-order chi connectivity index (χ1) is 9.81. The summed E-state index contributed by atoms with van der Waals surface area (Å²) in [6.45, 7) is 0.906. The van der Waals surface area contributed by atoms with E-state index in [1.165, 1.54) is 11.1 Å². The van der Waals surface area contributed by atoms with E-state index in [2.05, 4.69) is 18.2 Å². The molecule has 0 radical (unpaired) electrons. The minimum absolute atomic E-state index is 0.00657. The SMILES string of the molecule is O=C(C1CCCc2ccccc21)N1CCCCC1CO. The molecule has 1 aromatic carbocycles. The number of rotatable bonds is 2. The van der Waals surface area contributed by atoms with Crippen LogP contribution >= 0.6 is 0 Å². The molecule has 1 aromatic rings. The normalized spacial score (nSPS) is 26.1. The number of carbonyl (C=O) groups is 1. The summed E-state index contributed by atoms with van der Waals surface area (Å²) >= 11 is 0. The summed E-state index contributed by atoms with van der Waals surface area (Å²) in [5.41, 5.74) is 2.54. The monoisotopic (exact) mass is 273 g/mol. The lowest BCUT2D eigenvalue weighted by Gasteiger charge is -2.38. The Hall–Kier alpha value is -1.35. The van der Waals surface area contributed by atoms with Crippen LogP contribution in [0.15, 0.2) is 24.3 Å². The van der Waals surface area contributed by atoms with Crippen LogP contribution in [0.5, 0.6) is 0 Å². The van der Waals surface area contributed by atoms with E-state index in [1.54, 1.807) is 0 Å². The fourth-order valence-electron chi connectivity index (χ4n) is 3.69. The molecule has 20 heavy (non-hydrogen) atoms. The first kappa shape index (κ1) is 13.6.